The molecule has 1 unspecified atom stereocenters. The topological polar surface area (TPSA) is 20.3 Å². The number of carbonyl (C=O) groups excluding carboxylic acids is 1. The fourth-order valence-corrected chi connectivity index (χ4v) is 2.16. The van der Waals surface area contributed by atoms with E-state index in [1.807, 2.05) is 31.3 Å². The maximum absolute atomic E-state index is 12.1. The molecule has 1 atom stereocenters. The minimum Gasteiger partial charge on any atom is -0.296 e. The number of rotatable bonds is 5. The van der Waals surface area contributed by atoms with Gasteiger partial charge in [0.1, 0.15) is 0 Å². The number of Topliss-reactive ketones (excluding diaryl/α,β-unsaturated/α-hetero) is 1. The standard InChI is InChI=1S/C14H20BrNO/c1-10(2)11(3)16(4)9-14(17)12-7-5-6-8-13(12)15/h5-8,10-11H,9H2,1-4H3. The first-order valence-electron chi connectivity index (χ1n) is 5.91. The molecule has 0 aromatic heterocycles. The Morgan fingerprint density at radius 1 is 1.29 bits per heavy atom. The fourth-order valence-electron chi connectivity index (χ4n) is 1.65. The van der Waals surface area contributed by atoms with Crippen LogP contribution in [0.15, 0.2) is 28.7 Å². The van der Waals surface area contributed by atoms with Crippen LogP contribution >= 0.6 is 15.9 Å². The highest BCUT2D eigenvalue weighted by atomic mass is 79.9. The molecular weight excluding hydrogens is 278 g/mol. The van der Waals surface area contributed by atoms with Crippen molar-refractivity contribution < 1.29 is 4.79 Å². The third-order valence-electron chi connectivity index (χ3n) is 3.23. The van der Waals surface area contributed by atoms with Crippen LogP contribution in [0.25, 0.3) is 0 Å². The molecule has 1 rings (SSSR count). The molecule has 0 N–H and O–H groups in total. The lowest BCUT2D eigenvalue weighted by Crippen LogP contribution is -2.37. The Kier molecular flexibility index (Phi) is 5.34. The number of likely N-dealkylation sites (N-methyl/N-ethyl adjacent to an activating group) is 1. The second kappa shape index (κ2) is 6.31. The zero-order chi connectivity index (χ0) is 13.0. The number of halogens is 1. The smallest absolute Gasteiger partial charge is 0.177 e. The summed E-state index contributed by atoms with van der Waals surface area (Å²) in [7, 11) is 2.00. The molecule has 0 amide bonds. The fraction of sp³-hybridized carbons (Fsp3) is 0.500. The summed E-state index contributed by atoms with van der Waals surface area (Å²) in [6.45, 7) is 6.95. The molecule has 0 spiro atoms. The Bertz CT molecular complexity index is 390. The summed E-state index contributed by atoms with van der Waals surface area (Å²) in [5.74, 6) is 0.708. The predicted molar refractivity (Wildman–Crippen MR) is 75.4 cm³/mol. The van der Waals surface area contributed by atoms with Gasteiger partial charge in [-0.1, -0.05) is 48.0 Å². The van der Waals surface area contributed by atoms with Crippen LogP contribution in [0.1, 0.15) is 31.1 Å². The van der Waals surface area contributed by atoms with Gasteiger partial charge in [0, 0.05) is 16.1 Å². The molecule has 0 aliphatic carbocycles. The van der Waals surface area contributed by atoms with Gasteiger partial charge >= 0.3 is 0 Å². The lowest BCUT2D eigenvalue weighted by atomic mass is 10.0. The van der Waals surface area contributed by atoms with Crippen molar-refractivity contribution in [1.82, 2.24) is 4.90 Å². The summed E-state index contributed by atoms with van der Waals surface area (Å²) >= 11 is 3.41. The highest BCUT2D eigenvalue weighted by Gasteiger charge is 2.17. The Hall–Kier alpha value is -0.670. The number of hydrogen-bond acceptors (Lipinski definition) is 2. The number of nitrogens with zero attached hydrogens (tertiary/aromatic N) is 1. The van der Waals surface area contributed by atoms with E-state index in [2.05, 4.69) is 41.6 Å². The van der Waals surface area contributed by atoms with Crippen LogP contribution in [0.5, 0.6) is 0 Å². The molecule has 94 valence electrons. The van der Waals surface area contributed by atoms with E-state index in [1.165, 1.54) is 0 Å². The van der Waals surface area contributed by atoms with Crippen molar-refractivity contribution in [3.05, 3.63) is 34.3 Å². The van der Waals surface area contributed by atoms with Crippen molar-refractivity contribution >= 4 is 21.7 Å². The molecule has 0 bridgehead atoms. The predicted octanol–water partition coefficient (Wildman–Crippen LogP) is 3.61. The van der Waals surface area contributed by atoms with Crippen LogP contribution in [0, 0.1) is 5.92 Å². The zero-order valence-electron chi connectivity index (χ0n) is 10.9. The van der Waals surface area contributed by atoms with E-state index in [1.54, 1.807) is 0 Å². The van der Waals surface area contributed by atoms with Gasteiger partial charge in [-0.05, 0) is 26.0 Å². The Morgan fingerprint density at radius 3 is 2.41 bits per heavy atom. The molecule has 17 heavy (non-hydrogen) atoms. The lowest BCUT2D eigenvalue weighted by molar-refractivity contribution is 0.0906. The molecule has 3 heteroatoms. The summed E-state index contributed by atoms with van der Waals surface area (Å²) in [6.07, 6.45) is 0. The molecule has 0 fully saturated rings. The number of carbonyl (C=O) groups is 1. The first kappa shape index (κ1) is 14.4. The van der Waals surface area contributed by atoms with Gasteiger partial charge in [0.05, 0.1) is 6.54 Å². The average molecular weight is 298 g/mol. The molecule has 0 aliphatic rings. The highest BCUT2D eigenvalue weighted by Crippen LogP contribution is 2.17. The van der Waals surface area contributed by atoms with Gasteiger partial charge in [-0.3, -0.25) is 9.69 Å². The largest absolute Gasteiger partial charge is 0.296 e. The second-order valence-electron chi connectivity index (χ2n) is 4.80. The molecule has 0 heterocycles. The first-order chi connectivity index (χ1) is 7.93. The molecule has 0 saturated carbocycles. The van der Waals surface area contributed by atoms with Crippen molar-refractivity contribution in [2.45, 2.75) is 26.8 Å². The van der Waals surface area contributed by atoms with Crippen LogP contribution in [0.3, 0.4) is 0 Å². The highest BCUT2D eigenvalue weighted by molar-refractivity contribution is 9.10. The third kappa shape index (κ3) is 3.93. The van der Waals surface area contributed by atoms with Crippen LogP contribution in [0.2, 0.25) is 0 Å². The second-order valence-corrected chi connectivity index (χ2v) is 5.66. The summed E-state index contributed by atoms with van der Waals surface area (Å²) in [5.41, 5.74) is 0.760. The van der Waals surface area contributed by atoms with Crippen molar-refractivity contribution in [3.8, 4) is 0 Å². The van der Waals surface area contributed by atoms with E-state index >= 15 is 0 Å². The monoisotopic (exact) mass is 297 g/mol. The molecule has 0 aliphatic heterocycles. The number of ketones is 1. The van der Waals surface area contributed by atoms with Gasteiger partial charge in [0.15, 0.2) is 5.78 Å². The molecular formula is C14H20BrNO. The van der Waals surface area contributed by atoms with Gasteiger partial charge in [0.2, 0.25) is 0 Å². The van der Waals surface area contributed by atoms with Crippen LogP contribution in [-0.2, 0) is 0 Å². The molecule has 1 aromatic rings. The molecule has 0 radical (unpaired) electrons. The third-order valence-corrected chi connectivity index (χ3v) is 3.92. The van der Waals surface area contributed by atoms with Gasteiger partial charge in [-0.15, -0.1) is 0 Å². The molecule has 2 nitrogen and oxygen atoms in total. The van der Waals surface area contributed by atoms with Crippen LogP contribution in [-0.4, -0.2) is 30.3 Å². The Morgan fingerprint density at radius 2 is 1.88 bits per heavy atom. The van der Waals surface area contributed by atoms with Gasteiger partial charge in [-0.2, -0.15) is 0 Å². The Labute approximate surface area is 112 Å². The van der Waals surface area contributed by atoms with Gasteiger partial charge in [0.25, 0.3) is 0 Å². The average Bonchev–Trinajstić information content (AvgIpc) is 2.28. The van der Waals surface area contributed by atoms with Crippen molar-refractivity contribution in [3.63, 3.8) is 0 Å². The van der Waals surface area contributed by atoms with Crippen LogP contribution < -0.4 is 0 Å². The van der Waals surface area contributed by atoms with Gasteiger partial charge in [-0.25, -0.2) is 0 Å². The summed E-state index contributed by atoms with van der Waals surface area (Å²) in [5, 5.41) is 0. The van der Waals surface area contributed by atoms with Crippen LogP contribution in [0.4, 0.5) is 0 Å². The van der Waals surface area contributed by atoms with E-state index in [-0.39, 0.29) is 5.78 Å². The summed E-state index contributed by atoms with van der Waals surface area (Å²) in [4.78, 5) is 14.2. The lowest BCUT2D eigenvalue weighted by Gasteiger charge is -2.27. The van der Waals surface area contributed by atoms with E-state index < -0.39 is 0 Å². The quantitative estimate of drug-likeness (QED) is 0.774. The van der Waals surface area contributed by atoms with E-state index in [9.17, 15) is 4.79 Å². The van der Waals surface area contributed by atoms with Crippen molar-refractivity contribution in [2.75, 3.05) is 13.6 Å². The zero-order valence-corrected chi connectivity index (χ0v) is 12.5. The van der Waals surface area contributed by atoms with E-state index in [0.29, 0.717) is 18.5 Å². The Balaban J connectivity index is 2.70. The van der Waals surface area contributed by atoms with E-state index in [4.69, 9.17) is 0 Å². The van der Waals surface area contributed by atoms with Gasteiger partial charge < -0.3 is 0 Å². The SMILES string of the molecule is CC(C)C(C)N(C)CC(=O)c1ccccc1Br. The maximum Gasteiger partial charge on any atom is 0.177 e. The minimum atomic E-state index is 0.160. The minimum absolute atomic E-state index is 0.160. The van der Waals surface area contributed by atoms with E-state index in [0.717, 1.165) is 10.0 Å². The molecule has 1 aromatic carbocycles. The van der Waals surface area contributed by atoms with Crippen molar-refractivity contribution in [1.29, 1.82) is 0 Å². The summed E-state index contributed by atoms with van der Waals surface area (Å²) in [6, 6.07) is 7.98. The number of benzene rings is 1. The number of hydrogen-bond donors (Lipinski definition) is 0. The maximum atomic E-state index is 12.1. The normalized spacial score (nSPS) is 13.1. The van der Waals surface area contributed by atoms with Crippen molar-refractivity contribution in [2.24, 2.45) is 5.92 Å². The molecule has 0 saturated heterocycles. The first-order valence-corrected chi connectivity index (χ1v) is 6.70. The summed E-state index contributed by atoms with van der Waals surface area (Å²) < 4.78 is 0.871.